The molecule has 1 aromatic heterocycles. The molecule has 0 aliphatic rings. The Balaban J connectivity index is 2.15. The van der Waals surface area contributed by atoms with Crippen LogP contribution in [0.3, 0.4) is 0 Å². The molecular weight excluding hydrogens is 228 g/mol. The smallest absolute Gasteiger partial charge is 0.278 e. The van der Waals surface area contributed by atoms with Gasteiger partial charge >= 0.3 is 0 Å². The molecule has 0 N–H and O–H groups in total. The van der Waals surface area contributed by atoms with Crippen LogP contribution in [0.4, 0.5) is 0 Å². The maximum atomic E-state index is 12.0. The van der Waals surface area contributed by atoms with Crippen LogP contribution in [-0.2, 0) is 11.3 Å². The third kappa shape index (κ3) is 2.79. The summed E-state index contributed by atoms with van der Waals surface area (Å²) in [6.45, 7) is 0.250. The van der Waals surface area contributed by atoms with E-state index in [1.165, 1.54) is 6.20 Å². The molecule has 18 heavy (non-hydrogen) atoms. The molecule has 0 bridgehead atoms. The van der Waals surface area contributed by atoms with Gasteiger partial charge in [0, 0.05) is 6.20 Å². The summed E-state index contributed by atoms with van der Waals surface area (Å²) in [5, 5.41) is 0. The number of carbonyl (C=O) groups excluding carboxylic acids is 2. The summed E-state index contributed by atoms with van der Waals surface area (Å²) < 4.78 is 0. The normalized spacial score (nSPS) is 9.78. The molecule has 0 spiro atoms. The van der Waals surface area contributed by atoms with E-state index >= 15 is 0 Å². The number of amides is 2. The maximum Gasteiger partial charge on any atom is 0.279 e. The van der Waals surface area contributed by atoms with E-state index in [1.807, 2.05) is 30.3 Å². The van der Waals surface area contributed by atoms with E-state index in [-0.39, 0.29) is 12.2 Å². The first-order valence-corrected chi connectivity index (χ1v) is 5.52. The Hall–Kier alpha value is -2.49. The zero-order chi connectivity index (χ0) is 12.8. The van der Waals surface area contributed by atoms with Crippen LogP contribution in [0.1, 0.15) is 16.1 Å². The molecule has 2 rings (SSSR count). The lowest BCUT2D eigenvalue weighted by Gasteiger charge is -2.14. The SMILES string of the molecule is O=CN(Cc1ccccc1)C(=O)c1ccccn1. The Bertz CT molecular complexity index is 526. The van der Waals surface area contributed by atoms with Crippen molar-refractivity contribution >= 4 is 12.3 Å². The van der Waals surface area contributed by atoms with Gasteiger partial charge in [-0.25, -0.2) is 0 Å². The molecule has 0 aliphatic carbocycles. The van der Waals surface area contributed by atoms with Crippen LogP contribution >= 0.6 is 0 Å². The fourth-order valence-corrected chi connectivity index (χ4v) is 1.57. The highest BCUT2D eigenvalue weighted by molar-refractivity contribution is 5.98. The average Bonchev–Trinajstić information content (AvgIpc) is 2.46. The highest BCUT2D eigenvalue weighted by Crippen LogP contribution is 2.06. The molecule has 4 heteroatoms. The molecular formula is C14H12N2O2. The van der Waals surface area contributed by atoms with Crippen molar-refractivity contribution in [2.75, 3.05) is 0 Å². The Kier molecular flexibility index (Phi) is 3.81. The molecule has 0 saturated heterocycles. The Morgan fingerprint density at radius 2 is 1.83 bits per heavy atom. The maximum absolute atomic E-state index is 12.0. The highest BCUT2D eigenvalue weighted by atomic mass is 16.2. The van der Waals surface area contributed by atoms with Crippen molar-refractivity contribution in [1.82, 2.24) is 9.88 Å². The van der Waals surface area contributed by atoms with Gasteiger partial charge in [0.05, 0.1) is 6.54 Å². The summed E-state index contributed by atoms with van der Waals surface area (Å²) in [5.74, 6) is -0.394. The number of hydrogen-bond donors (Lipinski definition) is 0. The van der Waals surface area contributed by atoms with Crippen molar-refractivity contribution in [3.05, 3.63) is 66.0 Å². The molecule has 1 aromatic carbocycles. The third-order valence-corrected chi connectivity index (χ3v) is 2.47. The number of carbonyl (C=O) groups is 2. The lowest BCUT2D eigenvalue weighted by atomic mass is 10.2. The number of pyridine rings is 1. The van der Waals surface area contributed by atoms with E-state index in [2.05, 4.69) is 4.98 Å². The van der Waals surface area contributed by atoms with Crippen molar-refractivity contribution in [2.24, 2.45) is 0 Å². The second kappa shape index (κ2) is 5.72. The minimum absolute atomic E-state index is 0.250. The van der Waals surface area contributed by atoms with Crippen LogP contribution < -0.4 is 0 Å². The first-order chi connectivity index (χ1) is 8.81. The van der Waals surface area contributed by atoms with Gasteiger partial charge in [-0.3, -0.25) is 19.5 Å². The predicted octanol–water partition coefficient (Wildman–Crippen LogP) is 1.88. The quantitative estimate of drug-likeness (QED) is 0.767. The number of rotatable bonds is 4. The Morgan fingerprint density at radius 1 is 1.11 bits per heavy atom. The second-order valence-electron chi connectivity index (χ2n) is 3.74. The Morgan fingerprint density at radius 3 is 2.44 bits per heavy atom. The zero-order valence-electron chi connectivity index (χ0n) is 9.69. The van der Waals surface area contributed by atoms with Gasteiger partial charge in [-0.15, -0.1) is 0 Å². The third-order valence-electron chi connectivity index (χ3n) is 2.47. The van der Waals surface area contributed by atoms with Crippen LogP contribution in [0.5, 0.6) is 0 Å². The summed E-state index contributed by atoms with van der Waals surface area (Å²) in [5.41, 5.74) is 1.16. The van der Waals surface area contributed by atoms with Gasteiger partial charge < -0.3 is 0 Å². The molecule has 1 heterocycles. The molecule has 0 atom stereocenters. The minimum Gasteiger partial charge on any atom is -0.278 e. The predicted molar refractivity (Wildman–Crippen MR) is 66.6 cm³/mol. The molecule has 0 fully saturated rings. The first kappa shape index (κ1) is 12.0. The van der Waals surface area contributed by atoms with Gasteiger partial charge in [-0.2, -0.15) is 0 Å². The van der Waals surface area contributed by atoms with Crippen LogP contribution in [0, 0.1) is 0 Å². The van der Waals surface area contributed by atoms with E-state index in [9.17, 15) is 9.59 Å². The van der Waals surface area contributed by atoms with E-state index in [0.29, 0.717) is 6.41 Å². The molecule has 0 unspecified atom stereocenters. The fourth-order valence-electron chi connectivity index (χ4n) is 1.57. The Labute approximate surface area is 105 Å². The van der Waals surface area contributed by atoms with Crippen molar-refractivity contribution in [3.8, 4) is 0 Å². The molecule has 0 radical (unpaired) electrons. The molecule has 2 amide bonds. The van der Waals surface area contributed by atoms with Crippen LogP contribution in [0.25, 0.3) is 0 Å². The fraction of sp³-hybridized carbons (Fsp3) is 0.0714. The van der Waals surface area contributed by atoms with Crippen molar-refractivity contribution < 1.29 is 9.59 Å². The molecule has 4 nitrogen and oxygen atoms in total. The monoisotopic (exact) mass is 240 g/mol. The summed E-state index contributed by atoms with van der Waals surface area (Å²) >= 11 is 0. The van der Waals surface area contributed by atoms with E-state index in [4.69, 9.17) is 0 Å². The van der Waals surface area contributed by atoms with Gasteiger partial charge in [0.1, 0.15) is 5.69 Å². The van der Waals surface area contributed by atoms with Gasteiger partial charge in [0.2, 0.25) is 6.41 Å². The van der Waals surface area contributed by atoms with Gasteiger partial charge in [-0.1, -0.05) is 36.4 Å². The molecule has 0 aliphatic heterocycles. The average molecular weight is 240 g/mol. The van der Waals surface area contributed by atoms with Crippen molar-refractivity contribution in [3.63, 3.8) is 0 Å². The zero-order valence-corrected chi connectivity index (χ0v) is 9.69. The van der Waals surface area contributed by atoms with Crippen LogP contribution in [-0.4, -0.2) is 22.2 Å². The van der Waals surface area contributed by atoms with Gasteiger partial charge in [0.25, 0.3) is 5.91 Å². The van der Waals surface area contributed by atoms with Crippen LogP contribution in [0.2, 0.25) is 0 Å². The molecule has 0 saturated carbocycles. The van der Waals surface area contributed by atoms with Gasteiger partial charge in [0.15, 0.2) is 0 Å². The summed E-state index contributed by atoms with van der Waals surface area (Å²) in [4.78, 5) is 28.1. The number of aromatic nitrogens is 1. The molecule has 2 aromatic rings. The van der Waals surface area contributed by atoms with Gasteiger partial charge in [-0.05, 0) is 17.7 Å². The first-order valence-electron chi connectivity index (χ1n) is 5.52. The number of hydrogen-bond acceptors (Lipinski definition) is 3. The largest absolute Gasteiger partial charge is 0.279 e. The number of benzene rings is 1. The summed E-state index contributed by atoms with van der Waals surface area (Å²) in [6.07, 6.45) is 2.06. The number of nitrogens with zero attached hydrogens (tertiary/aromatic N) is 2. The summed E-state index contributed by atoms with van der Waals surface area (Å²) in [7, 11) is 0. The number of imide groups is 1. The topological polar surface area (TPSA) is 50.3 Å². The van der Waals surface area contributed by atoms with E-state index in [1.54, 1.807) is 18.2 Å². The second-order valence-corrected chi connectivity index (χ2v) is 3.74. The minimum atomic E-state index is -0.394. The lowest BCUT2D eigenvalue weighted by molar-refractivity contribution is -0.116. The summed E-state index contributed by atoms with van der Waals surface area (Å²) in [6, 6.07) is 14.4. The van der Waals surface area contributed by atoms with Crippen molar-refractivity contribution in [2.45, 2.75) is 6.54 Å². The van der Waals surface area contributed by atoms with E-state index in [0.717, 1.165) is 10.5 Å². The van der Waals surface area contributed by atoms with Crippen LogP contribution in [0.15, 0.2) is 54.7 Å². The molecule has 90 valence electrons. The highest BCUT2D eigenvalue weighted by Gasteiger charge is 2.15. The lowest BCUT2D eigenvalue weighted by Crippen LogP contribution is -2.29. The van der Waals surface area contributed by atoms with E-state index < -0.39 is 5.91 Å². The van der Waals surface area contributed by atoms with Crippen molar-refractivity contribution in [1.29, 1.82) is 0 Å². The standard InChI is InChI=1S/C14H12N2O2/c17-11-16(10-12-6-2-1-3-7-12)14(18)13-8-4-5-9-15-13/h1-9,11H,10H2.